The number of amides is 1. The Morgan fingerprint density at radius 2 is 1.57 bits per heavy atom. The molecular weight excluding hydrogens is 543 g/mol. The molecule has 204 valence electrons. The second-order valence-corrected chi connectivity index (χ2v) is 11.9. The third-order valence-corrected chi connectivity index (χ3v) is 7.76. The van der Waals surface area contributed by atoms with Crippen LogP contribution in [0.2, 0.25) is 10.0 Å². The summed E-state index contributed by atoms with van der Waals surface area (Å²) in [5, 5.41) is 5.39. The molecule has 8 heteroatoms. The summed E-state index contributed by atoms with van der Waals surface area (Å²) in [6.45, 7) is 5.64. The van der Waals surface area contributed by atoms with E-state index in [1.54, 1.807) is 36.3 Å². The van der Waals surface area contributed by atoms with E-state index in [0.29, 0.717) is 10.0 Å². The molecule has 2 heterocycles. The molecule has 1 atom stereocenters. The van der Waals surface area contributed by atoms with E-state index in [9.17, 15) is 9.59 Å². The van der Waals surface area contributed by atoms with Gasteiger partial charge in [-0.2, -0.15) is 0 Å². The summed E-state index contributed by atoms with van der Waals surface area (Å²) in [4.78, 5) is 31.2. The fraction of sp³-hybridized carbons (Fsp3) is 0.219. The van der Waals surface area contributed by atoms with Gasteiger partial charge in [0.25, 0.3) is 5.56 Å². The normalized spacial score (nSPS) is 13.3. The van der Waals surface area contributed by atoms with E-state index >= 15 is 0 Å². The number of hydrogen-bond donors (Lipinski definition) is 1. The Labute approximate surface area is 243 Å². The van der Waals surface area contributed by atoms with Gasteiger partial charge in [-0.15, -0.1) is 0 Å². The van der Waals surface area contributed by atoms with E-state index in [2.05, 4.69) is 10.3 Å². The van der Waals surface area contributed by atoms with Crippen LogP contribution in [0.25, 0.3) is 22.0 Å². The number of nitrogens with zero attached hydrogens (tertiary/aromatic N) is 3. The summed E-state index contributed by atoms with van der Waals surface area (Å²) in [5.74, 6) is -0.140. The molecule has 5 aromatic rings. The molecule has 0 spiro atoms. The first-order valence-electron chi connectivity index (χ1n) is 12.9. The average molecular weight is 574 g/mol. The number of hydrogen-bond acceptors (Lipinski definition) is 3. The minimum atomic E-state index is -1.13. The maximum absolute atomic E-state index is 13.8. The summed E-state index contributed by atoms with van der Waals surface area (Å²) < 4.78 is 3.52. The molecule has 1 amide bonds. The van der Waals surface area contributed by atoms with Crippen molar-refractivity contribution in [1.29, 1.82) is 0 Å². The monoisotopic (exact) mass is 572 g/mol. The van der Waals surface area contributed by atoms with Crippen molar-refractivity contribution in [3.8, 4) is 11.1 Å². The molecule has 0 aliphatic carbocycles. The summed E-state index contributed by atoms with van der Waals surface area (Å²) >= 11 is 12.7. The number of nitrogens with one attached hydrogen (secondary N) is 1. The molecule has 0 radical (unpaired) electrons. The second kappa shape index (κ2) is 10.3. The topological polar surface area (TPSA) is 68.9 Å². The smallest absolute Gasteiger partial charge is 0.251 e. The van der Waals surface area contributed by atoms with Crippen LogP contribution in [0, 0.1) is 5.41 Å². The highest BCUT2D eigenvalue weighted by molar-refractivity contribution is 6.31. The van der Waals surface area contributed by atoms with Gasteiger partial charge in [-0.3, -0.25) is 9.59 Å². The standard InChI is InChI=1S/C32H30Cl2N4O2/c1-31(2,3)30(40)36-32(28-18-35-19-37(28)4,21-9-12-23(33)13-10-21)22-11-14-27-26(16-22)25(17-29(39)38(27)5)20-7-6-8-24(34)15-20/h6-19H,1-5H3,(H,36,40). The first-order valence-corrected chi connectivity index (χ1v) is 13.6. The van der Waals surface area contributed by atoms with Crippen molar-refractivity contribution in [3.63, 3.8) is 0 Å². The zero-order valence-electron chi connectivity index (χ0n) is 23.0. The minimum Gasteiger partial charge on any atom is -0.337 e. The molecule has 40 heavy (non-hydrogen) atoms. The first kappa shape index (κ1) is 27.7. The van der Waals surface area contributed by atoms with Crippen molar-refractivity contribution in [3.05, 3.63) is 123 Å². The molecule has 1 N–H and O–H groups in total. The highest BCUT2D eigenvalue weighted by atomic mass is 35.5. The SMILES string of the molecule is Cn1cncc1C(NC(=O)C(C)(C)C)(c1ccc(Cl)cc1)c1ccc2c(c1)c(-c1cccc(Cl)c1)cc(=O)n2C. The molecule has 0 fully saturated rings. The van der Waals surface area contributed by atoms with Gasteiger partial charge in [-0.1, -0.05) is 74.3 Å². The fourth-order valence-corrected chi connectivity index (χ4v) is 5.35. The van der Waals surface area contributed by atoms with Crippen LogP contribution >= 0.6 is 23.2 Å². The van der Waals surface area contributed by atoms with Crippen LogP contribution in [0.4, 0.5) is 0 Å². The third kappa shape index (κ3) is 4.82. The van der Waals surface area contributed by atoms with E-state index in [-0.39, 0.29) is 11.5 Å². The van der Waals surface area contributed by atoms with Crippen molar-refractivity contribution < 1.29 is 4.79 Å². The Bertz CT molecular complexity index is 1800. The van der Waals surface area contributed by atoms with E-state index in [1.165, 1.54) is 0 Å². The van der Waals surface area contributed by atoms with E-state index in [4.69, 9.17) is 23.2 Å². The molecular formula is C32H30Cl2N4O2. The van der Waals surface area contributed by atoms with Gasteiger partial charge in [-0.25, -0.2) is 4.98 Å². The lowest BCUT2D eigenvalue weighted by molar-refractivity contribution is -0.129. The van der Waals surface area contributed by atoms with Crippen LogP contribution in [0.5, 0.6) is 0 Å². The maximum Gasteiger partial charge on any atom is 0.251 e. The van der Waals surface area contributed by atoms with E-state index in [1.807, 2.05) is 93.0 Å². The van der Waals surface area contributed by atoms with Crippen molar-refractivity contribution in [2.45, 2.75) is 26.3 Å². The number of carbonyl (C=O) groups is 1. The van der Waals surface area contributed by atoms with Gasteiger partial charge in [-0.05, 0) is 58.7 Å². The number of fused-ring (bicyclic) bond motifs is 1. The Morgan fingerprint density at radius 3 is 2.20 bits per heavy atom. The number of benzene rings is 3. The molecule has 0 bridgehead atoms. The van der Waals surface area contributed by atoms with Crippen molar-refractivity contribution >= 4 is 40.0 Å². The summed E-state index contributed by atoms with van der Waals surface area (Å²) in [6, 6.07) is 22.4. The number of halogens is 2. The molecule has 0 aliphatic rings. The van der Waals surface area contributed by atoms with Crippen molar-refractivity contribution in [2.24, 2.45) is 19.5 Å². The van der Waals surface area contributed by atoms with E-state index < -0.39 is 11.0 Å². The first-order chi connectivity index (χ1) is 18.9. The molecule has 3 aromatic carbocycles. The molecule has 0 aliphatic heterocycles. The highest BCUT2D eigenvalue weighted by Gasteiger charge is 2.42. The Balaban J connectivity index is 1.90. The van der Waals surface area contributed by atoms with Crippen molar-refractivity contribution in [2.75, 3.05) is 0 Å². The maximum atomic E-state index is 13.8. The van der Waals surface area contributed by atoms with Gasteiger partial charge in [0, 0.05) is 41.0 Å². The summed E-state index contributed by atoms with van der Waals surface area (Å²) in [7, 11) is 3.65. The lowest BCUT2D eigenvalue weighted by atomic mass is 9.78. The summed E-state index contributed by atoms with van der Waals surface area (Å²) in [5.41, 5.74) is 2.76. The Kier molecular flexibility index (Phi) is 7.11. The van der Waals surface area contributed by atoms with Gasteiger partial charge in [0.15, 0.2) is 0 Å². The largest absolute Gasteiger partial charge is 0.337 e. The molecule has 6 nitrogen and oxygen atoms in total. The lowest BCUT2D eigenvalue weighted by Crippen LogP contribution is -2.52. The Hall–Kier alpha value is -3.87. The number of pyridine rings is 1. The van der Waals surface area contributed by atoms with Gasteiger partial charge < -0.3 is 14.5 Å². The van der Waals surface area contributed by atoms with Crippen LogP contribution < -0.4 is 10.9 Å². The molecule has 0 saturated heterocycles. The number of aromatic nitrogens is 3. The van der Waals surface area contributed by atoms with Crippen molar-refractivity contribution in [1.82, 2.24) is 19.4 Å². The van der Waals surface area contributed by atoms with Crippen LogP contribution in [-0.2, 0) is 24.4 Å². The number of aryl methyl sites for hydroxylation is 2. The number of rotatable bonds is 5. The predicted octanol–water partition coefficient (Wildman–Crippen LogP) is 6.70. The molecule has 1 unspecified atom stereocenters. The quantitative estimate of drug-likeness (QED) is 0.255. The molecule has 5 rings (SSSR count). The lowest BCUT2D eigenvalue weighted by Gasteiger charge is -2.38. The minimum absolute atomic E-state index is 0.133. The molecule has 0 saturated carbocycles. The zero-order chi connectivity index (χ0) is 28.8. The van der Waals surface area contributed by atoms with Gasteiger partial charge >= 0.3 is 0 Å². The van der Waals surface area contributed by atoms with E-state index in [0.717, 1.165) is 38.9 Å². The number of imidazole rings is 1. The third-order valence-electron chi connectivity index (χ3n) is 7.28. The predicted molar refractivity (Wildman–Crippen MR) is 162 cm³/mol. The van der Waals surface area contributed by atoms with Gasteiger partial charge in [0.2, 0.25) is 5.91 Å². The fourth-order valence-electron chi connectivity index (χ4n) is 5.04. The van der Waals surface area contributed by atoms with Crippen LogP contribution in [0.1, 0.15) is 37.6 Å². The number of carbonyl (C=O) groups excluding carboxylic acids is 1. The van der Waals surface area contributed by atoms with Gasteiger partial charge in [0.1, 0.15) is 5.54 Å². The van der Waals surface area contributed by atoms with Gasteiger partial charge in [0.05, 0.1) is 23.7 Å². The van der Waals surface area contributed by atoms with Crippen LogP contribution in [0.15, 0.2) is 90.1 Å². The summed E-state index contributed by atoms with van der Waals surface area (Å²) in [6.07, 6.45) is 3.48. The van der Waals surface area contributed by atoms with Crippen LogP contribution in [-0.4, -0.2) is 20.0 Å². The Morgan fingerprint density at radius 1 is 0.875 bits per heavy atom. The average Bonchev–Trinajstić information content (AvgIpc) is 3.35. The highest BCUT2D eigenvalue weighted by Crippen LogP contribution is 2.40. The van der Waals surface area contributed by atoms with Crippen LogP contribution in [0.3, 0.4) is 0 Å². The second-order valence-electron chi connectivity index (χ2n) is 11.0. The zero-order valence-corrected chi connectivity index (χ0v) is 24.5. The molecule has 2 aromatic heterocycles.